The van der Waals surface area contributed by atoms with E-state index in [0.29, 0.717) is 0 Å². The molecule has 2 aromatic rings. The van der Waals surface area contributed by atoms with Crippen LogP contribution in [-0.2, 0) is 0 Å². The van der Waals surface area contributed by atoms with Crippen LogP contribution < -0.4 is 11.3 Å². The molecule has 0 saturated heterocycles. The van der Waals surface area contributed by atoms with Gasteiger partial charge in [-0.15, -0.1) is 0 Å². The van der Waals surface area contributed by atoms with E-state index in [2.05, 4.69) is 15.0 Å². The van der Waals surface area contributed by atoms with Crippen LogP contribution in [0.2, 0.25) is 0 Å². The minimum Gasteiger partial charge on any atom is -0.396 e. The summed E-state index contributed by atoms with van der Waals surface area (Å²) < 4.78 is 28.8. The summed E-state index contributed by atoms with van der Waals surface area (Å²) in [5.41, 5.74) is 5.21. The minimum atomic E-state index is -2.94. The average Bonchev–Trinajstić information content (AvgIpc) is 2.89. The zero-order chi connectivity index (χ0) is 14.5. The molecule has 7 nitrogen and oxygen atoms in total. The molecule has 2 heterocycles. The molecule has 1 saturated carbocycles. The number of alkyl halides is 2. The van der Waals surface area contributed by atoms with Gasteiger partial charge in [-0.2, -0.15) is 4.98 Å². The molecule has 0 amide bonds. The van der Waals surface area contributed by atoms with Gasteiger partial charge in [-0.25, -0.2) is 13.8 Å². The highest BCUT2D eigenvalue weighted by atomic mass is 19.3. The van der Waals surface area contributed by atoms with Crippen molar-refractivity contribution in [2.24, 2.45) is 5.92 Å². The highest BCUT2D eigenvalue weighted by Crippen LogP contribution is 2.46. The molecule has 0 radical (unpaired) electrons. The Labute approximate surface area is 111 Å². The summed E-state index contributed by atoms with van der Waals surface area (Å²) in [6, 6.07) is -0.569. The van der Waals surface area contributed by atoms with Crippen molar-refractivity contribution in [2.45, 2.75) is 24.8 Å². The summed E-state index contributed by atoms with van der Waals surface area (Å²) in [7, 11) is 0. The van der Waals surface area contributed by atoms with E-state index in [1.807, 2.05) is 0 Å². The second-order valence-corrected chi connectivity index (χ2v) is 5.01. The molecule has 0 unspecified atom stereocenters. The van der Waals surface area contributed by atoms with E-state index in [9.17, 15) is 13.6 Å². The van der Waals surface area contributed by atoms with Gasteiger partial charge in [0.05, 0.1) is 12.9 Å². The fourth-order valence-electron chi connectivity index (χ4n) is 2.70. The van der Waals surface area contributed by atoms with E-state index in [1.54, 1.807) is 0 Å². The molecule has 1 aliphatic rings. The normalized spacial score (nSPS) is 25.4. The van der Waals surface area contributed by atoms with Gasteiger partial charge in [0.15, 0.2) is 11.2 Å². The smallest absolute Gasteiger partial charge is 0.280 e. The Kier molecular flexibility index (Phi) is 2.75. The van der Waals surface area contributed by atoms with Crippen molar-refractivity contribution >= 4 is 17.1 Å². The Hall–Kier alpha value is -2.03. The number of aromatic nitrogens is 4. The molecule has 2 aromatic heterocycles. The lowest BCUT2D eigenvalue weighted by Crippen LogP contribution is -2.24. The fourth-order valence-corrected chi connectivity index (χ4v) is 2.70. The second kappa shape index (κ2) is 4.23. The monoisotopic (exact) mass is 285 g/mol. The van der Waals surface area contributed by atoms with E-state index in [1.165, 1.54) is 10.9 Å². The SMILES string of the molecule is Nc1nc2c(ncn2[C@@H]2C[C@@H](CO)C(F)(F)C2)c(=O)[nH]1. The number of H-pyrrole nitrogens is 1. The van der Waals surface area contributed by atoms with Gasteiger partial charge in [0.2, 0.25) is 5.95 Å². The van der Waals surface area contributed by atoms with Gasteiger partial charge in [-0.3, -0.25) is 9.78 Å². The lowest BCUT2D eigenvalue weighted by atomic mass is 10.1. The molecule has 20 heavy (non-hydrogen) atoms. The Morgan fingerprint density at radius 1 is 1.60 bits per heavy atom. The average molecular weight is 285 g/mol. The molecule has 108 valence electrons. The lowest BCUT2D eigenvalue weighted by molar-refractivity contribution is -0.0551. The van der Waals surface area contributed by atoms with Crippen LogP contribution in [0.25, 0.3) is 11.2 Å². The number of anilines is 1. The molecule has 0 spiro atoms. The first-order valence-electron chi connectivity index (χ1n) is 6.13. The molecule has 1 fully saturated rings. The van der Waals surface area contributed by atoms with Gasteiger partial charge in [-0.05, 0) is 6.42 Å². The van der Waals surface area contributed by atoms with Crippen LogP contribution in [0.5, 0.6) is 0 Å². The number of aromatic amines is 1. The van der Waals surface area contributed by atoms with Crippen molar-refractivity contribution in [3.05, 3.63) is 16.7 Å². The first-order chi connectivity index (χ1) is 9.42. The number of nitrogen functional groups attached to an aromatic ring is 1. The quantitative estimate of drug-likeness (QED) is 0.734. The number of hydrogen-bond acceptors (Lipinski definition) is 5. The third-order valence-corrected chi connectivity index (χ3v) is 3.73. The van der Waals surface area contributed by atoms with Crippen molar-refractivity contribution in [3.63, 3.8) is 0 Å². The Bertz CT molecular complexity index is 710. The van der Waals surface area contributed by atoms with Gasteiger partial charge >= 0.3 is 0 Å². The van der Waals surface area contributed by atoms with Crippen molar-refractivity contribution in [3.8, 4) is 0 Å². The zero-order valence-electron chi connectivity index (χ0n) is 10.4. The van der Waals surface area contributed by atoms with Crippen molar-refractivity contribution in [1.29, 1.82) is 0 Å². The number of nitrogens with one attached hydrogen (secondary N) is 1. The lowest BCUT2D eigenvalue weighted by Gasteiger charge is -2.14. The van der Waals surface area contributed by atoms with E-state index in [-0.39, 0.29) is 23.5 Å². The molecule has 4 N–H and O–H groups in total. The summed E-state index contributed by atoms with van der Waals surface area (Å²) in [6.07, 6.45) is 0.994. The maximum atomic E-state index is 13.7. The van der Waals surface area contributed by atoms with Gasteiger partial charge in [0.1, 0.15) is 0 Å². The topological polar surface area (TPSA) is 110 Å². The maximum absolute atomic E-state index is 13.7. The van der Waals surface area contributed by atoms with Crippen LogP contribution in [0, 0.1) is 5.92 Å². The van der Waals surface area contributed by atoms with Gasteiger partial charge < -0.3 is 15.4 Å². The molecule has 0 aliphatic heterocycles. The second-order valence-electron chi connectivity index (χ2n) is 5.01. The number of halogens is 2. The first kappa shape index (κ1) is 13.0. The van der Waals surface area contributed by atoms with Crippen LogP contribution in [0.4, 0.5) is 14.7 Å². The van der Waals surface area contributed by atoms with Gasteiger partial charge in [0.25, 0.3) is 11.5 Å². The zero-order valence-corrected chi connectivity index (χ0v) is 10.4. The van der Waals surface area contributed by atoms with Crippen LogP contribution in [0.15, 0.2) is 11.1 Å². The molecular weight excluding hydrogens is 272 g/mol. The largest absolute Gasteiger partial charge is 0.396 e. The number of hydrogen-bond donors (Lipinski definition) is 3. The van der Waals surface area contributed by atoms with E-state index >= 15 is 0 Å². The molecule has 0 bridgehead atoms. The summed E-state index contributed by atoms with van der Waals surface area (Å²) in [6.45, 7) is -0.577. The fraction of sp³-hybridized carbons (Fsp3) is 0.545. The summed E-state index contributed by atoms with van der Waals surface area (Å²) in [5.74, 6) is -4.13. The number of fused-ring (bicyclic) bond motifs is 1. The highest BCUT2D eigenvalue weighted by molar-refractivity contribution is 5.70. The number of rotatable bonds is 2. The first-order valence-corrected chi connectivity index (χ1v) is 6.13. The molecule has 3 rings (SSSR count). The number of imidazole rings is 1. The van der Waals surface area contributed by atoms with E-state index < -0.39 is 36.5 Å². The number of nitrogens with zero attached hydrogens (tertiary/aromatic N) is 3. The number of aliphatic hydroxyl groups excluding tert-OH is 1. The Morgan fingerprint density at radius 2 is 2.35 bits per heavy atom. The highest BCUT2D eigenvalue weighted by Gasteiger charge is 2.49. The Morgan fingerprint density at radius 3 is 3.00 bits per heavy atom. The van der Waals surface area contributed by atoms with Crippen LogP contribution in [0.1, 0.15) is 18.9 Å². The minimum absolute atomic E-state index is 0.0648. The summed E-state index contributed by atoms with van der Waals surface area (Å²) in [5, 5.41) is 9.02. The molecule has 0 aromatic carbocycles. The van der Waals surface area contributed by atoms with E-state index in [0.717, 1.165) is 0 Å². The summed E-state index contributed by atoms with van der Waals surface area (Å²) >= 11 is 0. The van der Waals surface area contributed by atoms with Crippen molar-refractivity contribution < 1.29 is 13.9 Å². The third-order valence-electron chi connectivity index (χ3n) is 3.73. The maximum Gasteiger partial charge on any atom is 0.280 e. The number of nitrogens with two attached hydrogens (primary N) is 1. The van der Waals surface area contributed by atoms with Crippen LogP contribution in [-0.4, -0.2) is 37.2 Å². The van der Waals surface area contributed by atoms with Gasteiger partial charge in [0, 0.05) is 18.4 Å². The van der Waals surface area contributed by atoms with Crippen molar-refractivity contribution in [1.82, 2.24) is 19.5 Å². The Balaban J connectivity index is 2.06. The third kappa shape index (κ3) is 1.85. The van der Waals surface area contributed by atoms with Crippen LogP contribution in [0.3, 0.4) is 0 Å². The van der Waals surface area contributed by atoms with E-state index in [4.69, 9.17) is 10.8 Å². The van der Waals surface area contributed by atoms with Crippen LogP contribution >= 0.6 is 0 Å². The molecule has 1 aliphatic carbocycles. The van der Waals surface area contributed by atoms with Crippen molar-refractivity contribution in [2.75, 3.05) is 12.3 Å². The number of aliphatic hydroxyl groups is 1. The predicted octanol–water partition coefficient (Wildman–Crippen LogP) is 0.280. The predicted molar refractivity (Wildman–Crippen MR) is 66.4 cm³/mol. The summed E-state index contributed by atoms with van der Waals surface area (Å²) in [4.78, 5) is 21.8. The van der Waals surface area contributed by atoms with Gasteiger partial charge in [-0.1, -0.05) is 0 Å². The standard InChI is InChI=1S/C11H13F2N5O2/c12-11(13)2-6(1-5(11)3-19)18-4-15-7-8(18)16-10(14)17-9(7)20/h4-6,19H,1-3H2,(H3,14,16,17,20)/t5-,6+/m0/s1. The molecule has 2 atom stereocenters. The molecule has 9 heteroatoms. The molecular formula is C11H13F2N5O2.